The normalized spacial score (nSPS) is 12.9. The summed E-state index contributed by atoms with van der Waals surface area (Å²) in [4.78, 5) is 4.50. The van der Waals surface area contributed by atoms with Gasteiger partial charge >= 0.3 is 0 Å². The molecule has 0 fully saturated rings. The number of nitriles is 1. The zero-order valence-corrected chi connectivity index (χ0v) is 10.7. The number of fused-ring (bicyclic) bond motifs is 1. The predicted molar refractivity (Wildman–Crippen MR) is 68.6 cm³/mol. The number of nitrogens with zero attached hydrogens (tertiary/aromatic N) is 3. The summed E-state index contributed by atoms with van der Waals surface area (Å²) >= 11 is 0. The molecule has 0 saturated carbocycles. The number of hydrogen-bond donors (Lipinski definition) is 0. The van der Waals surface area contributed by atoms with Crippen molar-refractivity contribution in [1.29, 1.82) is 5.26 Å². The van der Waals surface area contributed by atoms with Crippen LogP contribution in [0.2, 0.25) is 0 Å². The Morgan fingerprint density at radius 1 is 1.35 bits per heavy atom. The molecule has 0 saturated heterocycles. The molecule has 1 heterocycles. The van der Waals surface area contributed by atoms with Crippen LogP contribution in [0.15, 0.2) is 18.2 Å². The summed E-state index contributed by atoms with van der Waals surface area (Å²) in [7, 11) is 2.01. The zero-order valence-electron chi connectivity index (χ0n) is 10.7. The average Bonchev–Trinajstić information content (AvgIpc) is 2.55. The van der Waals surface area contributed by atoms with Gasteiger partial charge in [-0.1, -0.05) is 19.9 Å². The van der Waals surface area contributed by atoms with Crippen molar-refractivity contribution < 1.29 is 0 Å². The van der Waals surface area contributed by atoms with E-state index in [1.54, 1.807) is 0 Å². The number of benzene rings is 1. The van der Waals surface area contributed by atoms with Crippen LogP contribution in [0.25, 0.3) is 11.0 Å². The lowest BCUT2D eigenvalue weighted by Gasteiger charge is -2.12. The molecule has 1 aromatic heterocycles. The molecule has 0 radical (unpaired) electrons. The lowest BCUT2D eigenvalue weighted by atomic mass is 9.90. The Morgan fingerprint density at radius 3 is 2.65 bits per heavy atom. The summed E-state index contributed by atoms with van der Waals surface area (Å²) in [6, 6.07) is 8.50. The van der Waals surface area contributed by atoms with Crippen LogP contribution in [-0.4, -0.2) is 9.55 Å². The number of imidazole rings is 1. The third kappa shape index (κ3) is 1.91. The minimum Gasteiger partial charge on any atom is -0.331 e. The van der Waals surface area contributed by atoms with Crippen LogP contribution in [-0.2, 0) is 7.05 Å². The highest BCUT2D eigenvalue weighted by molar-refractivity contribution is 5.77. The van der Waals surface area contributed by atoms with Crippen molar-refractivity contribution in [1.82, 2.24) is 9.55 Å². The van der Waals surface area contributed by atoms with Crippen LogP contribution in [0.4, 0.5) is 0 Å². The Bertz CT molecular complexity index is 587. The topological polar surface area (TPSA) is 41.6 Å². The van der Waals surface area contributed by atoms with Crippen LogP contribution in [0.5, 0.6) is 0 Å². The minimum absolute atomic E-state index is 0.0540. The average molecular weight is 227 g/mol. The van der Waals surface area contributed by atoms with Crippen molar-refractivity contribution in [2.24, 2.45) is 13.0 Å². The summed E-state index contributed by atoms with van der Waals surface area (Å²) in [5.74, 6) is 1.26. The number of hydrogen-bond acceptors (Lipinski definition) is 2. The molecule has 3 nitrogen and oxygen atoms in total. The van der Waals surface area contributed by atoms with Gasteiger partial charge in [0.05, 0.1) is 23.0 Å². The van der Waals surface area contributed by atoms with E-state index >= 15 is 0 Å². The zero-order chi connectivity index (χ0) is 12.6. The van der Waals surface area contributed by atoms with Crippen LogP contribution in [0.1, 0.15) is 31.2 Å². The molecule has 3 heteroatoms. The first-order chi connectivity index (χ1) is 8.04. The van der Waals surface area contributed by atoms with E-state index in [2.05, 4.69) is 35.5 Å². The van der Waals surface area contributed by atoms with Gasteiger partial charge in [0.2, 0.25) is 0 Å². The van der Waals surface area contributed by atoms with Gasteiger partial charge in [-0.25, -0.2) is 4.98 Å². The fourth-order valence-corrected chi connectivity index (χ4v) is 2.14. The molecule has 0 aliphatic carbocycles. The van der Waals surface area contributed by atoms with Gasteiger partial charge in [-0.2, -0.15) is 5.26 Å². The number of aryl methyl sites for hydroxylation is 2. The molecule has 88 valence electrons. The maximum Gasteiger partial charge on any atom is 0.106 e. The van der Waals surface area contributed by atoms with Crippen molar-refractivity contribution >= 4 is 11.0 Å². The van der Waals surface area contributed by atoms with Crippen molar-refractivity contribution in [2.75, 3.05) is 0 Å². The molecule has 0 spiro atoms. The van der Waals surface area contributed by atoms with Crippen LogP contribution >= 0.6 is 0 Å². The highest BCUT2D eigenvalue weighted by Crippen LogP contribution is 2.26. The van der Waals surface area contributed by atoms with Crippen LogP contribution in [0.3, 0.4) is 0 Å². The molecule has 1 aromatic carbocycles. The van der Waals surface area contributed by atoms with Crippen molar-refractivity contribution in [3.63, 3.8) is 0 Å². The van der Waals surface area contributed by atoms with E-state index in [0.29, 0.717) is 5.92 Å². The third-order valence-corrected chi connectivity index (χ3v) is 3.29. The molecule has 0 aliphatic rings. The fraction of sp³-hybridized carbons (Fsp3) is 0.429. The second-order valence-electron chi connectivity index (χ2n) is 4.82. The summed E-state index contributed by atoms with van der Waals surface area (Å²) in [6.07, 6.45) is 0. The Labute approximate surface area is 102 Å². The van der Waals surface area contributed by atoms with E-state index in [1.807, 2.05) is 26.1 Å². The maximum absolute atomic E-state index is 9.21. The van der Waals surface area contributed by atoms with Gasteiger partial charge < -0.3 is 4.57 Å². The Kier molecular flexibility index (Phi) is 2.89. The fourth-order valence-electron chi connectivity index (χ4n) is 2.14. The molecule has 1 atom stereocenters. The van der Waals surface area contributed by atoms with E-state index in [0.717, 1.165) is 22.4 Å². The Morgan fingerprint density at radius 2 is 2.06 bits per heavy atom. The Balaban J connectivity index is 2.56. The molecule has 0 aliphatic heterocycles. The molecule has 2 rings (SSSR count). The van der Waals surface area contributed by atoms with E-state index in [-0.39, 0.29) is 5.92 Å². The van der Waals surface area contributed by atoms with Gasteiger partial charge in [0.1, 0.15) is 5.82 Å². The largest absolute Gasteiger partial charge is 0.331 e. The highest BCUT2D eigenvalue weighted by Gasteiger charge is 2.16. The number of rotatable bonds is 2. The Hall–Kier alpha value is -1.82. The SMILES string of the molecule is Cc1nc2cc(C(C#N)C(C)C)ccc2n1C. The van der Waals surface area contributed by atoms with Gasteiger partial charge in [-0.15, -0.1) is 0 Å². The summed E-state index contributed by atoms with van der Waals surface area (Å²) in [6.45, 7) is 6.13. The van der Waals surface area contributed by atoms with Gasteiger partial charge in [0, 0.05) is 7.05 Å². The van der Waals surface area contributed by atoms with E-state index < -0.39 is 0 Å². The first-order valence-electron chi connectivity index (χ1n) is 5.87. The minimum atomic E-state index is -0.0540. The second kappa shape index (κ2) is 4.21. The quantitative estimate of drug-likeness (QED) is 0.790. The van der Waals surface area contributed by atoms with Gasteiger partial charge in [0.15, 0.2) is 0 Å². The van der Waals surface area contributed by atoms with Crippen LogP contribution < -0.4 is 0 Å². The van der Waals surface area contributed by atoms with E-state index in [1.165, 1.54) is 0 Å². The first-order valence-corrected chi connectivity index (χ1v) is 5.87. The first kappa shape index (κ1) is 11.7. The molecule has 17 heavy (non-hydrogen) atoms. The summed E-state index contributed by atoms with van der Waals surface area (Å²) in [5, 5.41) is 9.21. The maximum atomic E-state index is 9.21. The second-order valence-corrected chi connectivity index (χ2v) is 4.82. The highest BCUT2D eigenvalue weighted by atomic mass is 15.0. The molecule has 0 amide bonds. The van der Waals surface area contributed by atoms with E-state index in [4.69, 9.17) is 0 Å². The van der Waals surface area contributed by atoms with Gasteiger partial charge in [0.25, 0.3) is 0 Å². The predicted octanol–water partition coefficient (Wildman–Crippen LogP) is 3.14. The van der Waals surface area contributed by atoms with Crippen molar-refractivity contribution in [3.8, 4) is 6.07 Å². The van der Waals surface area contributed by atoms with Crippen LogP contribution in [0, 0.1) is 24.2 Å². The molecule has 0 N–H and O–H groups in total. The standard InChI is InChI=1S/C14H17N3/c1-9(2)12(8-15)11-5-6-14-13(7-11)16-10(3)17(14)4/h5-7,9,12H,1-4H3. The van der Waals surface area contributed by atoms with E-state index in [9.17, 15) is 5.26 Å². The van der Waals surface area contributed by atoms with Gasteiger partial charge in [-0.05, 0) is 30.5 Å². The molecular formula is C14H17N3. The van der Waals surface area contributed by atoms with Crippen molar-refractivity contribution in [3.05, 3.63) is 29.6 Å². The van der Waals surface area contributed by atoms with Crippen molar-refractivity contribution in [2.45, 2.75) is 26.7 Å². The molecular weight excluding hydrogens is 210 g/mol. The lowest BCUT2D eigenvalue weighted by Crippen LogP contribution is -2.03. The molecule has 1 unspecified atom stereocenters. The third-order valence-electron chi connectivity index (χ3n) is 3.29. The monoisotopic (exact) mass is 227 g/mol. The van der Waals surface area contributed by atoms with Gasteiger partial charge in [-0.3, -0.25) is 0 Å². The summed E-state index contributed by atoms with van der Waals surface area (Å²) < 4.78 is 2.07. The summed E-state index contributed by atoms with van der Waals surface area (Å²) in [5.41, 5.74) is 3.16. The lowest BCUT2D eigenvalue weighted by molar-refractivity contribution is 0.587. The molecule has 2 aromatic rings. The number of aromatic nitrogens is 2. The smallest absolute Gasteiger partial charge is 0.106 e. The molecule has 0 bridgehead atoms.